The van der Waals surface area contributed by atoms with Crippen LogP contribution in [0.2, 0.25) is 0 Å². The molecule has 1 aliphatic carbocycles. The molecule has 1 atom stereocenters. The number of benzene rings is 1. The topological polar surface area (TPSA) is 117 Å². The lowest BCUT2D eigenvalue weighted by atomic mass is 9.77. The number of nitrogens with one attached hydrogen (secondary N) is 2. The maximum Gasteiger partial charge on any atom is 0.344 e. The van der Waals surface area contributed by atoms with E-state index in [1.807, 2.05) is 0 Å². The lowest BCUT2D eigenvalue weighted by molar-refractivity contribution is -0.141. The maximum atomic E-state index is 13.0. The number of hydrogen-bond donors (Lipinski definition) is 2. The van der Waals surface area contributed by atoms with Crippen molar-refractivity contribution in [3.05, 3.63) is 18.2 Å². The van der Waals surface area contributed by atoms with Crippen LogP contribution >= 0.6 is 0 Å². The molecule has 3 aliphatic heterocycles. The highest BCUT2D eigenvalue weighted by Gasteiger charge is 2.53. The number of anilines is 1. The first-order chi connectivity index (χ1) is 15.4. The van der Waals surface area contributed by atoms with Gasteiger partial charge in [0.2, 0.25) is 11.8 Å². The van der Waals surface area contributed by atoms with Crippen molar-refractivity contribution in [3.8, 4) is 11.5 Å². The predicted molar refractivity (Wildman–Crippen MR) is 112 cm³/mol. The summed E-state index contributed by atoms with van der Waals surface area (Å²) in [4.78, 5) is 52.4. The lowest BCUT2D eigenvalue weighted by Crippen LogP contribution is -2.52. The largest absolute Gasteiger partial charge is 0.486 e. The van der Waals surface area contributed by atoms with Crippen LogP contribution in [0.1, 0.15) is 39.0 Å². The van der Waals surface area contributed by atoms with Gasteiger partial charge < -0.3 is 19.7 Å². The fourth-order valence-electron chi connectivity index (χ4n) is 4.85. The number of hydrazine groups is 1. The summed E-state index contributed by atoms with van der Waals surface area (Å²) in [5.74, 6) is -0.161. The van der Waals surface area contributed by atoms with Crippen molar-refractivity contribution in [1.82, 2.24) is 15.8 Å². The Balaban J connectivity index is 1.25. The SMILES string of the molecule is CC1CCC2(CC1)NC(=O)N(NC(=O)C1CC(=O)N(c3ccc4c(c3)OCCO4)C1)C2=O. The Labute approximate surface area is 185 Å². The summed E-state index contributed by atoms with van der Waals surface area (Å²) in [6.07, 6.45) is 2.80. The number of ether oxygens (including phenoxy) is 2. The van der Waals surface area contributed by atoms with E-state index in [4.69, 9.17) is 9.47 Å². The number of imide groups is 1. The van der Waals surface area contributed by atoms with Gasteiger partial charge in [-0.05, 0) is 43.7 Å². The quantitative estimate of drug-likeness (QED) is 0.683. The van der Waals surface area contributed by atoms with Gasteiger partial charge in [-0.25, -0.2) is 4.79 Å². The summed E-state index contributed by atoms with van der Waals surface area (Å²) < 4.78 is 11.1. The molecule has 2 saturated heterocycles. The van der Waals surface area contributed by atoms with Crippen LogP contribution in [0, 0.1) is 11.8 Å². The van der Waals surface area contributed by atoms with Crippen molar-refractivity contribution in [2.75, 3.05) is 24.7 Å². The van der Waals surface area contributed by atoms with E-state index in [9.17, 15) is 19.2 Å². The van der Waals surface area contributed by atoms with Crippen molar-refractivity contribution < 1.29 is 28.7 Å². The molecule has 5 rings (SSSR count). The molecule has 0 aromatic heterocycles. The molecule has 10 nitrogen and oxygen atoms in total. The van der Waals surface area contributed by atoms with Gasteiger partial charge in [0.25, 0.3) is 5.91 Å². The normalized spacial score (nSPS) is 29.5. The zero-order valence-electron chi connectivity index (χ0n) is 17.9. The van der Waals surface area contributed by atoms with Crippen LogP contribution < -0.4 is 25.1 Å². The highest BCUT2D eigenvalue weighted by Crippen LogP contribution is 2.37. The number of hydrogen-bond acceptors (Lipinski definition) is 6. The minimum atomic E-state index is -0.931. The van der Waals surface area contributed by atoms with Gasteiger partial charge in [0, 0.05) is 24.7 Å². The zero-order valence-corrected chi connectivity index (χ0v) is 17.9. The number of rotatable bonds is 3. The molecule has 1 saturated carbocycles. The smallest absolute Gasteiger partial charge is 0.344 e. The molecule has 170 valence electrons. The molecule has 4 aliphatic rings. The first kappa shape index (κ1) is 20.6. The molecule has 5 amide bonds. The van der Waals surface area contributed by atoms with Gasteiger partial charge in [-0.15, -0.1) is 0 Å². The predicted octanol–water partition coefficient (Wildman–Crippen LogP) is 1.34. The molecule has 32 heavy (non-hydrogen) atoms. The second-order valence-corrected chi connectivity index (χ2v) is 9.04. The monoisotopic (exact) mass is 442 g/mol. The number of nitrogens with zero attached hydrogens (tertiary/aromatic N) is 2. The van der Waals surface area contributed by atoms with Gasteiger partial charge in [0.05, 0.1) is 5.92 Å². The Hall–Kier alpha value is -3.30. The van der Waals surface area contributed by atoms with Crippen molar-refractivity contribution in [2.24, 2.45) is 11.8 Å². The van der Waals surface area contributed by atoms with Crippen LogP contribution in [-0.2, 0) is 14.4 Å². The highest BCUT2D eigenvalue weighted by molar-refractivity contribution is 6.08. The molecule has 10 heteroatoms. The minimum Gasteiger partial charge on any atom is -0.486 e. The van der Waals surface area contributed by atoms with Gasteiger partial charge in [0.15, 0.2) is 11.5 Å². The Morgan fingerprint density at radius 1 is 1.12 bits per heavy atom. The summed E-state index contributed by atoms with van der Waals surface area (Å²) in [7, 11) is 0. The average Bonchev–Trinajstić information content (AvgIpc) is 3.29. The third kappa shape index (κ3) is 3.43. The summed E-state index contributed by atoms with van der Waals surface area (Å²) in [5.41, 5.74) is 2.13. The van der Waals surface area contributed by atoms with E-state index >= 15 is 0 Å². The highest BCUT2D eigenvalue weighted by atomic mass is 16.6. The fourth-order valence-corrected chi connectivity index (χ4v) is 4.85. The summed E-state index contributed by atoms with van der Waals surface area (Å²) in [6.45, 7) is 3.18. The van der Waals surface area contributed by atoms with Crippen LogP contribution in [0.5, 0.6) is 11.5 Å². The summed E-state index contributed by atoms with van der Waals surface area (Å²) in [6, 6.07) is 4.59. The number of carbonyl (C=O) groups is 4. The van der Waals surface area contributed by atoms with Crippen molar-refractivity contribution in [1.29, 1.82) is 0 Å². The molecule has 1 aromatic rings. The third-order valence-electron chi connectivity index (χ3n) is 6.84. The second kappa shape index (κ2) is 7.68. The number of urea groups is 1. The van der Waals surface area contributed by atoms with Gasteiger partial charge >= 0.3 is 6.03 Å². The van der Waals surface area contributed by atoms with Gasteiger partial charge in [-0.2, -0.15) is 5.01 Å². The van der Waals surface area contributed by atoms with E-state index in [0.717, 1.165) is 17.9 Å². The van der Waals surface area contributed by atoms with E-state index in [-0.39, 0.29) is 18.9 Å². The first-order valence-corrected chi connectivity index (χ1v) is 11.0. The van der Waals surface area contributed by atoms with Crippen molar-refractivity contribution in [3.63, 3.8) is 0 Å². The molecule has 2 N–H and O–H groups in total. The Morgan fingerprint density at radius 3 is 2.59 bits per heavy atom. The minimum absolute atomic E-state index is 0.00736. The van der Waals surface area contributed by atoms with E-state index in [1.54, 1.807) is 18.2 Å². The van der Waals surface area contributed by atoms with E-state index in [1.165, 1.54) is 4.90 Å². The second-order valence-electron chi connectivity index (χ2n) is 9.04. The van der Waals surface area contributed by atoms with Gasteiger partial charge in [-0.1, -0.05) is 6.92 Å². The van der Waals surface area contributed by atoms with Gasteiger partial charge in [0.1, 0.15) is 18.8 Å². The molecule has 3 fully saturated rings. The molecule has 0 radical (unpaired) electrons. The van der Waals surface area contributed by atoms with Crippen molar-refractivity contribution >= 4 is 29.4 Å². The summed E-state index contributed by atoms with van der Waals surface area (Å²) in [5, 5.41) is 3.56. The van der Waals surface area contributed by atoms with Crippen LogP contribution in [0.4, 0.5) is 10.5 Å². The molecule has 1 unspecified atom stereocenters. The van der Waals surface area contributed by atoms with E-state index in [0.29, 0.717) is 49.2 Å². The average molecular weight is 442 g/mol. The maximum absolute atomic E-state index is 13.0. The Kier molecular flexibility index (Phi) is 4.94. The Morgan fingerprint density at radius 2 is 1.84 bits per heavy atom. The van der Waals surface area contributed by atoms with Crippen LogP contribution in [0.15, 0.2) is 18.2 Å². The van der Waals surface area contributed by atoms with Gasteiger partial charge in [-0.3, -0.25) is 19.8 Å². The molecule has 1 spiro atoms. The van der Waals surface area contributed by atoms with Crippen LogP contribution in [-0.4, -0.2) is 54.1 Å². The third-order valence-corrected chi connectivity index (χ3v) is 6.84. The van der Waals surface area contributed by atoms with E-state index < -0.39 is 29.3 Å². The molecule has 0 bridgehead atoms. The molecular weight excluding hydrogens is 416 g/mol. The van der Waals surface area contributed by atoms with Crippen LogP contribution in [0.3, 0.4) is 0 Å². The van der Waals surface area contributed by atoms with Crippen molar-refractivity contribution in [2.45, 2.75) is 44.6 Å². The number of fused-ring (bicyclic) bond motifs is 1. The standard InChI is InChI=1S/C22H26N4O6/c1-13-4-6-22(7-5-13)20(29)26(21(30)23-22)24-19(28)14-10-18(27)25(12-14)15-2-3-16-17(11-15)32-9-8-31-16/h2-3,11,13-14H,4-10,12H2,1H3,(H,23,30)(H,24,28). The van der Waals surface area contributed by atoms with Crippen LogP contribution in [0.25, 0.3) is 0 Å². The molecule has 1 aromatic carbocycles. The molecular formula is C22H26N4O6. The number of amides is 5. The fraction of sp³-hybridized carbons (Fsp3) is 0.545. The Bertz CT molecular complexity index is 987. The van der Waals surface area contributed by atoms with E-state index in [2.05, 4.69) is 17.7 Å². The number of carbonyl (C=O) groups excluding carboxylic acids is 4. The zero-order chi connectivity index (χ0) is 22.5. The lowest BCUT2D eigenvalue weighted by Gasteiger charge is -2.33. The molecule has 3 heterocycles. The first-order valence-electron chi connectivity index (χ1n) is 11.0. The summed E-state index contributed by atoms with van der Waals surface area (Å²) >= 11 is 0.